The number of aryl methyl sites for hydroxylation is 1. The molecule has 0 unspecified atom stereocenters. The van der Waals surface area contributed by atoms with Gasteiger partial charge in [-0.15, -0.1) is 14.6 Å². The van der Waals surface area contributed by atoms with Crippen LogP contribution in [0.15, 0.2) is 60.0 Å². The lowest BCUT2D eigenvalue weighted by Gasteiger charge is -2.23. The summed E-state index contributed by atoms with van der Waals surface area (Å²) in [7, 11) is -0.716. The summed E-state index contributed by atoms with van der Waals surface area (Å²) in [6.45, 7) is 1.87. The molecule has 2 aromatic carbocycles. The van der Waals surface area contributed by atoms with Gasteiger partial charge in [0.1, 0.15) is 12.7 Å². The molecule has 0 fully saturated rings. The van der Waals surface area contributed by atoms with Crippen LogP contribution in [0.3, 0.4) is 0 Å². The van der Waals surface area contributed by atoms with E-state index in [4.69, 9.17) is 23.2 Å². The average Bonchev–Trinajstić information content (AvgIpc) is 3.30. The van der Waals surface area contributed by atoms with Gasteiger partial charge in [-0.25, -0.2) is 4.68 Å². The minimum atomic E-state index is -4.16. The summed E-state index contributed by atoms with van der Waals surface area (Å²) in [5, 5.41) is 11.2. The van der Waals surface area contributed by atoms with Gasteiger partial charge in [0.25, 0.3) is 16.0 Å². The van der Waals surface area contributed by atoms with Crippen molar-refractivity contribution in [2.45, 2.75) is 11.8 Å². The van der Waals surface area contributed by atoms with Gasteiger partial charge in [-0.05, 0) is 37.3 Å². The number of hydrogen-bond acceptors (Lipinski definition) is 9. The van der Waals surface area contributed by atoms with E-state index in [9.17, 15) is 8.42 Å². The minimum Gasteiger partial charge on any atom is -0.347 e. The molecule has 0 bridgehead atoms. The van der Waals surface area contributed by atoms with E-state index in [1.165, 1.54) is 29.5 Å². The highest BCUT2D eigenvalue weighted by Gasteiger charge is 2.30. The van der Waals surface area contributed by atoms with Crippen LogP contribution < -0.4 is 14.6 Å². The first-order valence-electron chi connectivity index (χ1n) is 9.77. The lowest BCUT2D eigenvalue weighted by molar-refractivity contribution is 0.581. The fourth-order valence-electron chi connectivity index (χ4n) is 2.83. The van der Waals surface area contributed by atoms with Gasteiger partial charge in [-0.3, -0.25) is 0 Å². The maximum atomic E-state index is 13.7. The monoisotopic (exact) mass is 519 g/mol. The van der Waals surface area contributed by atoms with Crippen LogP contribution in [0.4, 0.5) is 23.5 Å². The molecule has 176 valence electrons. The Balaban J connectivity index is 1.85. The Bertz CT molecular complexity index is 1410. The third-order valence-electron chi connectivity index (χ3n) is 4.52. The molecule has 11 nitrogen and oxygen atoms in total. The minimum absolute atomic E-state index is 0.0395. The lowest BCUT2D eigenvalue weighted by atomic mass is 10.2. The normalized spacial score (nSPS) is 11.3. The molecule has 0 aliphatic carbocycles. The predicted octanol–water partition coefficient (Wildman–Crippen LogP) is 3.55. The zero-order valence-corrected chi connectivity index (χ0v) is 20.6. The van der Waals surface area contributed by atoms with E-state index < -0.39 is 10.0 Å². The van der Waals surface area contributed by atoms with E-state index in [0.29, 0.717) is 15.7 Å². The molecular weight excluding hydrogens is 501 g/mol. The van der Waals surface area contributed by atoms with Crippen molar-refractivity contribution in [1.29, 1.82) is 0 Å². The van der Waals surface area contributed by atoms with Gasteiger partial charge >= 0.3 is 0 Å². The molecule has 0 aliphatic heterocycles. The Labute approximate surface area is 206 Å². The van der Waals surface area contributed by atoms with E-state index in [1.54, 1.807) is 49.3 Å². The first-order chi connectivity index (χ1) is 16.1. The van der Waals surface area contributed by atoms with Crippen LogP contribution in [0.2, 0.25) is 10.0 Å². The zero-order chi connectivity index (χ0) is 24.5. The van der Waals surface area contributed by atoms with Crippen molar-refractivity contribution in [3.8, 4) is 0 Å². The van der Waals surface area contributed by atoms with E-state index >= 15 is 0 Å². The highest BCUT2D eigenvalue weighted by Crippen LogP contribution is 2.28. The Kier molecular flexibility index (Phi) is 6.55. The van der Waals surface area contributed by atoms with Crippen LogP contribution in [0.1, 0.15) is 5.56 Å². The number of halogens is 2. The van der Waals surface area contributed by atoms with E-state index in [2.05, 4.69) is 30.5 Å². The van der Waals surface area contributed by atoms with Crippen molar-refractivity contribution in [2.75, 3.05) is 28.7 Å². The number of sulfonamides is 1. The molecule has 4 rings (SSSR count). The van der Waals surface area contributed by atoms with Crippen LogP contribution in [0.5, 0.6) is 0 Å². The third kappa shape index (κ3) is 4.88. The first-order valence-corrected chi connectivity index (χ1v) is 12.0. The Morgan fingerprint density at radius 1 is 0.882 bits per heavy atom. The Hall–Kier alpha value is -3.48. The zero-order valence-electron chi connectivity index (χ0n) is 18.3. The number of nitrogens with one attached hydrogen (secondary N) is 1. The molecule has 4 aromatic rings. The molecule has 2 aromatic heterocycles. The van der Waals surface area contributed by atoms with Crippen molar-refractivity contribution in [3.63, 3.8) is 0 Å². The molecule has 0 saturated carbocycles. The van der Waals surface area contributed by atoms with Crippen molar-refractivity contribution < 1.29 is 8.42 Å². The highest BCUT2D eigenvalue weighted by atomic mass is 35.5. The molecule has 0 amide bonds. The fraction of sp³-hybridized carbons (Fsp3) is 0.150. The molecule has 0 spiro atoms. The second-order valence-electron chi connectivity index (χ2n) is 7.31. The van der Waals surface area contributed by atoms with Gasteiger partial charge in [0, 0.05) is 19.8 Å². The lowest BCUT2D eigenvalue weighted by Crippen LogP contribution is -2.37. The topological polar surface area (TPSA) is 122 Å². The van der Waals surface area contributed by atoms with E-state index in [0.717, 1.165) is 9.98 Å². The second-order valence-corrected chi connectivity index (χ2v) is 9.89. The summed E-state index contributed by atoms with van der Waals surface area (Å²) in [6.07, 6.45) is 2.47. The van der Waals surface area contributed by atoms with Crippen LogP contribution in [0, 0.1) is 6.92 Å². The first kappa shape index (κ1) is 23.7. The quantitative estimate of drug-likeness (QED) is 0.390. The standard InChI is InChI=1S/C20H19Cl2N9O2S/c1-13-4-7-15(8-5-13)34(32,33)31(30-11-23-24-12-30)20-27-18(26-19(28-20)29(2)3)25-14-6-9-16(21)17(22)10-14/h4-12H,1-3H3,(H,25,26,27,28). The summed E-state index contributed by atoms with van der Waals surface area (Å²) in [6, 6.07) is 11.3. The van der Waals surface area contributed by atoms with Crippen molar-refractivity contribution >= 4 is 56.8 Å². The average molecular weight is 520 g/mol. The highest BCUT2D eigenvalue weighted by molar-refractivity contribution is 7.92. The van der Waals surface area contributed by atoms with Crippen molar-refractivity contribution in [3.05, 3.63) is 70.7 Å². The van der Waals surface area contributed by atoms with Gasteiger partial charge in [0.05, 0.1) is 14.9 Å². The molecule has 0 aliphatic rings. The third-order valence-corrected chi connectivity index (χ3v) is 6.94. The summed E-state index contributed by atoms with van der Waals surface area (Å²) in [5.41, 5.74) is 1.46. The summed E-state index contributed by atoms with van der Waals surface area (Å²) < 4.78 is 29.4. The SMILES string of the molecule is Cc1ccc(S(=O)(=O)N(c2nc(Nc3ccc(Cl)c(Cl)c3)nc(N(C)C)n2)n2cnnc2)cc1. The van der Waals surface area contributed by atoms with E-state index in [-0.39, 0.29) is 22.7 Å². The van der Waals surface area contributed by atoms with E-state index in [1.807, 2.05) is 6.92 Å². The number of benzene rings is 2. The maximum absolute atomic E-state index is 13.7. The number of anilines is 4. The molecule has 34 heavy (non-hydrogen) atoms. The largest absolute Gasteiger partial charge is 0.347 e. The molecule has 1 N–H and O–H groups in total. The van der Waals surface area contributed by atoms with Crippen LogP contribution in [-0.2, 0) is 10.0 Å². The van der Waals surface area contributed by atoms with Crippen LogP contribution in [-0.4, -0.2) is 52.3 Å². The number of hydrogen-bond donors (Lipinski definition) is 1. The van der Waals surface area contributed by atoms with Crippen molar-refractivity contribution in [2.24, 2.45) is 0 Å². The fourth-order valence-corrected chi connectivity index (χ4v) is 4.44. The molecular formula is C20H19Cl2N9O2S. The van der Waals surface area contributed by atoms with Gasteiger partial charge in [-0.1, -0.05) is 40.9 Å². The molecule has 0 radical (unpaired) electrons. The predicted molar refractivity (Wildman–Crippen MR) is 130 cm³/mol. The Morgan fingerprint density at radius 2 is 1.53 bits per heavy atom. The van der Waals surface area contributed by atoms with Crippen molar-refractivity contribution in [1.82, 2.24) is 29.8 Å². The van der Waals surface area contributed by atoms with Gasteiger partial charge in [0.15, 0.2) is 0 Å². The summed E-state index contributed by atoms with van der Waals surface area (Å²) in [4.78, 5) is 14.7. The van der Waals surface area contributed by atoms with Crippen LogP contribution >= 0.6 is 23.2 Å². The number of nitrogens with zero attached hydrogens (tertiary/aromatic N) is 8. The number of rotatable bonds is 7. The van der Waals surface area contributed by atoms with Crippen LogP contribution in [0.25, 0.3) is 0 Å². The summed E-state index contributed by atoms with van der Waals surface area (Å²) >= 11 is 12.1. The maximum Gasteiger partial charge on any atom is 0.285 e. The molecule has 2 heterocycles. The molecule has 14 heteroatoms. The van der Waals surface area contributed by atoms with Gasteiger partial charge in [-0.2, -0.15) is 23.4 Å². The van der Waals surface area contributed by atoms with Gasteiger partial charge < -0.3 is 10.2 Å². The smallest absolute Gasteiger partial charge is 0.285 e. The Morgan fingerprint density at radius 3 is 2.15 bits per heavy atom. The summed E-state index contributed by atoms with van der Waals surface area (Å²) in [5.74, 6) is 0.121. The van der Waals surface area contributed by atoms with Gasteiger partial charge in [0.2, 0.25) is 11.9 Å². The molecule has 0 atom stereocenters. The molecule has 0 saturated heterocycles. The number of aromatic nitrogens is 6. The second kappa shape index (κ2) is 9.41.